The summed E-state index contributed by atoms with van der Waals surface area (Å²) in [7, 11) is 0. The zero-order valence-electron chi connectivity index (χ0n) is 26.8. The second-order valence-electron chi connectivity index (χ2n) is 11.1. The summed E-state index contributed by atoms with van der Waals surface area (Å²) in [5.41, 5.74) is 4.27. The molecule has 0 aliphatic carbocycles. The van der Waals surface area contributed by atoms with Gasteiger partial charge in [0.05, 0.1) is 5.69 Å². The average Bonchev–Trinajstić information content (AvgIpc) is 3.51. The van der Waals surface area contributed by atoms with Gasteiger partial charge in [-0.05, 0) is 66.6 Å². The SMILES string of the molecule is Cc1sc(NC(=O)C(Sc2cccc(NC(=O)/C(=C/c3ccc(Cl)cc3)NC(=O)c3ccccc3)c2)c2ccccc2)nc1-c1ccccc1. The van der Waals surface area contributed by atoms with Crippen LogP contribution in [0.3, 0.4) is 0 Å². The fourth-order valence-electron chi connectivity index (χ4n) is 5.04. The number of hydrogen-bond acceptors (Lipinski definition) is 6. The van der Waals surface area contributed by atoms with E-state index in [0.717, 1.165) is 26.6 Å². The predicted octanol–water partition coefficient (Wildman–Crippen LogP) is 9.65. The highest BCUT2D eigenvalue weighted by Gasteiger charge is 2.24. The van der Waals surface area contributed by atoms with Crippen LogP contribution in [-0.4, -0.2) is 22.7 Å². The fourth-order valence-corrected chi connectivity index (χ4v) is 7.08. The summed E-state index contributed by atoms with van der Waals surface area (Å²) in [6.07, 6.45) is 1.59. The van der Waals surface area contributed by atoms with Crippen LogP contribution >= 0.6 is 34.7 Å². The minimum absolute atomic E-state index is 0.0504. The zero-order chi connectivity index (χ0) is 34.9. The molecule has 0 aliphatic heterocycles. The van der Waals surface area contributed by atoms with Crippen LogP contribution in [0.15, 0.2) is 150 Å². The van der Waals surface area contributed by atoms with Gasteiger partial charge in [0.2, 0.25) is 5.91 Å². The molecular formula is C40H31ClN4O3S2. The van der Waals surface area contributed by atoms with Crippen LogP contribution < -0.4 is 16.0 Å². The number of thioether (sulfide) groups is 1. The molecule has 0 fully saturated rings. The Hall–Kier alpha value is -5.48. The van der Waals surface area contributed by atoms with E-state index in [1.807, 2.05) is 79.7 Å². The maximum atomic E-state index is 13.8. The number of amides is 3. The molecule has 5 aromatic carbocycles. The van der Waals surface area contributed by atoms with Crippen molar-refractivity contribution in [3.8, 4) is 11.3 Å². The summed E-state index contributed by atoms with van der Waals surface area (Å²) in [6.45, 7) is 1.99. The van der Waals surface area contributed by atoms with Crippen molar-refractivity contribution in [2.45, 2.75) is 17.1 Å². The van der Waals surface area contributed by atoms with Gasteiger partial charge in [0.25, 0.3) is 11.8 Å². The van der Waals surface area contributed by atoms with Gasteiger partial charge in [-0.3, -0.25) is 14.4 Å². The lowest BCUT2D eigenvalue weighted by atomic mass is 10.1. The molecule has 6 aromatic rings. The molecule has 0 saturated carbocycles. The summed E-state index contributed by atoms with van der Waals surface area (Å²) in [4.78, 5) is 47.0. The van der Waals surface area contributed by atoms with Crippen molar-refractivity contribution in [2.75, 3.05) is 10.6 Å². The molecule has 3 amide bonds. The van der Waals surface area contributed by atoms with E-state index in [9.17, 15) is 14.4 Å². The van der Waals surface area contributed by atoms with Crippen LogP contribution in [0.1, 0.15) is 31.6 Å². The number of halogens is 1. The number of aryl methyl sites for hydroxylation is 1. The van der Waals surface area contributed by atoms with Crippen molar-refractivity contribution < 1.29 is 14.4 Å². The molecule has 1 unspecified atom stereocenters. The van der Waals surface area contributed by atoms with Gasteiger partial charge in [0, 0.05) is 31.6 Å². The largest absolute Gasteiger partial charge is 0.321 e. The number of nitrogens with one attached hydrogen (secondary N) is 3. The molecule has 10 heteroatoms. The minimum Gasteiger partial charge on any atom is -0.321 e. The smallest absolute Gasteiger partial charge is 0.272 e. The second-order valence-corrected chi connectivity index (χ2v) is 13.9. The number of rotatable bonds is 11. The minimum atomic E-state index is -0.614. The number of aromatic nitrogens is 1. The summed E-state index contributed by atoms with van der Waals surface area (Å²) in [5.74, 6) is -1.16. The number of thiazole rings is 1. The van der Waals surface area contributed by atoms with Crippen molar-refractivity contribution in [2.24, 2.45) is 0 Å². The number of benzene rings is 5. The Labute approximate surface area is 303 Å². The van der Waals surface area contributed by atoms with E-state index in [0.29, 0.717) is 27.0 Å². The van der Waals surface area contributed by atoms with Crippen LogP contribution in [0.2, 0.25) is 5.02 Å². The third kappa shape index (κ3) is 8.95. The summed E-state index contributed by atoms with van der Waals surface area (Å²) in [5, 5.41) is 9.15. The normalized spacial score (nSPS) is 11.8. The predicted molar refractivity (Wildman–Crippen MR) is 204 cm³/mol. The van der Waals surface area contributed by atoms with E-state index in [1.165, 1.54) is 23.1 Å². The van der Waals surface area contributed by atoms with Gasteiger partial charge in [0.15, 0.2) is 5.13 Å². The highest BCUT2D eigenvalue weighted by molar-refractivity contribution is 8.00. The van der Waals surface area contributed by atoms with Gasteiger partial charge in [0.1, 0.15) is 10.9 Å². The fraction of sp³-hybridized carbons (Fsp3) is 0.0500. The van der Waals surface area contributed by atoms with Crippen molar-refractivity contribution in [3.63, 3.8) is 0 Å². The Kier molecular flexibility index (Phi) is 11.2. The Balaban J connectivity index is 1.22. The molecule has 50 heavy (non-hydrogen) atoms. The summed E-state index contributed by atoms with van der Waals surface area (Å²) in [6, 6.07) is 42.2. The first kappa shape index (κ1) is 34.4. The lowest BCUT2D eigenvalue weighted by molar-refractivity contribution is -0.116. The number of carbonyl (C=O) groups is 3. The van der Waals surface area contributed by atoms with E-state index < -0.39 is 17.1 Å². The number of nitrogens with zero attached hydrogens (tertiary/aromatic N) is 1. The van der Waals surface area contributed by atoms with Gasteiger partial charge >= 0.3 is 0 Å². The third-order valence-corrected chi connectivity index (χ3v) is 9.86. The first-order valence-corrected chi connectivity index (χ1v) is 17.7. The molecule has 3 N–H and O–H groups in total. The van der Waals surface area contributed by atoms with Crippen LogP contribution in [0.5, 0.6) is 0 Å². The average molecular weight is 715 g/mol. The molecule has 0 radical (unpaired) electrons. The molecule has 7 nitrogen and oxygen atoms in total. The highest BCUT2D eigenvalue weighted by Crippen LogP contribution is 2.38. The van der Waals surface area contributed by atoms with Gasteiger partial charge in [-0.15, -0.1) is 23.1 Å². The standard InChI is InChI=1S/C40H31ClN4O3S2/c1-26-35(28-12-5-2-6-13-28)44-40(49-26)45-39(48)36(29-14-7-3-8-15-29)50-33-19-11-18-32(25-33)42-38(47)34(24-27-20-22-31(41)23-21-27)43-37(46)30-16-9-4-10-17-30/h2-25,36H,1H3,(H,42,47)(H,43,46)(H,44,45,48)/b34-24-. The Morgan fingerprint density at radius 3 is 2.14 bits per heavy atom. The number of hydrogen-bond donors (Lipinski definition) is 3. The molecule has 0 saturated heterocycles. The van der Waals surface area contributed by atoms with E-state index in [4.69, 9.17) is 16.6 Å². The van der Waals surface area contributed by atoms with Crippen molar-refractivity contribution in [3.05, 3.63) is 172 Å². The van der Waals surface area contributed by atoms with Crippen molar-refractivity contribution >= 4 is 69.3 Å². The molecular weight excluding hydrogens is 684 g/mol. The molecule has 6 rings (SSSR count). The van der Waals surface area contributed by atoms with Crippen molar-refractivity contribution in [1.29, 1.82) is 0 Å². The topological polar surface area (TPSA) is 100 Å². The Morgan fingerprint density at radius 1 is 0.780 bits per heavy atom. The van der Waals surface area contributed by atoms with Crippen LogP contribution in [0.25, 0.3) is 17.3 Å². The highest BCUT2D eigenvalue weighted by atomic mass is 35.5. The molecule has 0 spiro atoms. The third-order valence-electron chi connectivity index (χ3n) is 7.47. The van der Waals surface area contributed by atoms with E-state index >= 15 is 0 Å². The quantitative estimate of drug-likeness (QED) is 0.0917. The molecule has 0 aliphatic rings. The number of anilines is 2. The lowest BCUT2D eigenvalue weighted by Gasteiger charge is -2.17. The van der Waals surface area contributed by atoms with Gasteiger partial charge in [-0.1, -0.05) is 109 Å². The Bertz CT molecular complexity index is 2140. The molecule has 248 valence electrons. The second kappa shape index (κ2) is 16.3. The van der Waals surface area contributed by atoms with E-state index in [1.54, 1.807) is 72.8 Å². The first-order chi connectivity index (χ1) is 24.3. The monoisotopic (exact) mass is 714 g/mol. The maximum Gasteiger partial charge on any atom is 0.272 e. The maximum absolute atomic E-state index is 13.8. The van der Waals surface area contributed by atoms with Gasteiger partial charge in [-0.25, -0.2) is 4.98 Å². The first-order valence-electron chi connectivity index (χ1n) is 15.6. The van der Waals surface area contributed by atoms with Crippen LogP contribution in [-0.2, 0) is 9.59 Å². The van der Waals surface area contributed by atoms with E-state index in [2.05, 4.69) is 16.0 Å². The molecule has 1 heterocycles. The summed E-state index contributed by atoms with van der Waals surface area (Å²) >= 11 is 8.85. The zero-order valence-corrected chi connectivity index (χ0v) is 29.2. The van der Waals surface area contributed by atoms with Crippen molar-refractivity contribution in [1.82, 2.24) is 10.3 Å². The lowest BCUT2D eigenvalue weighted by Crippen LogP contribution is -2.30. The number of carbonyl (C=O) groups excluding carboxylic acids is 3. The molecule has 0 bridgehead atoms. The van der Waals surface area contributed by atoms with Gasteiger partial charge in [-0.2, -0.15) is 0 Å². The summed E-state index contributed by atoms with van der Waals surface area (Å²) < 4.78 is 0. The Morgan fingerprint density at radius 2 is 1.44 bits per heavy atom. The molecule has 1 aromatic heterocycles. The van der Waals surface area contributed by atoms with E-state index in [-0.39, 0.29) is 11.6 Å². The van der Waals surface area contributed by atoms with Crippen LogP contribution in [0.4, 0.5) is 10.8 Å². The molecule has 1 atom stereocenters. The van der Waals surface area contributed by atoms with Crippen LogP contribution in [0, 0.1) is 6.92 Å². The van der Waals surface area contributed by atoms with Gasteiger partial charge < -0.3 is 16.0 Å².